The van der Waals surface area contributed by atoms with E-state index >= 15 is 0 Å². The summed E-state index contributed by atoms with van der Waals surface area (Å²) < 4.78 is 16.0. The van der Waals surface area contributed by atoms with Crippen LogP contribution in [-0.2, 0) is 0 Å². The van der Waals surface area contributed by atoms with E-state index in [9.17, 15) is 9.59 Å². The largest absolute Gasteiger partial charge is 0.494 e. The van der Waals surface area contributed by atoms with Gasteiger partial charge in [0.15, 0.2) is 5.76 Å². The highest BCUT2D eigenvalue weighted by Gasteiger charge is 2.14. The van der Waals surface area contributed by atoms with Crippen molar-refractivity contribution in [2.75, 3.05) is 11.9 Å². The lowest BCUT2D eigenvalue weighted by molar-refractivity contribution is 0.0734. The van der Waals surface area contributed by atoms with Crippen molar-refractivity contribution in [3.05, 3.63) is 77.7 Å². The van der Waals surface area contributed by atoms with E-state index in [0.717, 1.165) is 17.7 Å². The smallest absolute Gasteiger partial charge is 0.343 e. The third-order valence-electron chi connectivity index (χ3n) is 3.97. The lowest BCUT2D eigenvalue weighted by Gasteiger charge is -2.10. The van der Waals surface area contributed by atoms with E-state index in [2.05, 4.69) is 5.32 Å². The molecule has 0 spiro atoms. The second-order valence-electron chi connectivity index (χ2n) is 6.17. The second kappa shape index (κ2) is 8.90. The first-order valence-corrected chi connectivity index (χ1v) is 8.97. The molecule has 144 valence electrons. The molecule has 1 aromatic heterocycles. The van der Waals surface area contributed by atoms with Gasteiger partial charge in [-0.1, -0.05) is 13.0 Å². The average molecular weight is 379 g/mol. The third kappa shape index (κ3) is 4.79. The number of benzene rings is 2. The van der Waals surface area contributed by atoms with E-state index in [1.54, 1.807) is 54.6 Å². The molecule has 2 aromatic carbocycles. The molecule has 3 aromatic rings. The van der Waals surface area contributed by atoms with Crippen molar-refractivity contribution < 1.29 is 23.5 Å². The van der Waals surface area contributed by atoms with Crippen LogP contribution in [0.5, 0.6) is 11.5 Å². The van der Waals surface area contributed by atoms with Crippen LogP contribution < -0.4 is 14.8 Å². The predicted octanol–water partition coefficient (Wildman–Crippen LogP) is 4.85. The molecule has 0 aliphatic heterocycles. The van der Waals surface area contributed by atoms with E-state index in [0.29, 0.717) is 23.6 Å². The highest BCUT2D eigenvalue weighted by molar-refractivity contribution is 6.03. The SMILES string of the molecule is CCCOc1ccc(OC(=O)c2ccc(C)c(NC(=O)c3ccco3)c2)cc1. The van der Waals surface area contributed by atoms with Crippen molar-refractivity contribution in [2.45, 2.75) is 20.3 Å². The number of amides is 1. The summed E-state index contributed by atoms with van der Waals surface area (Å²) in [4.78, 5) is 24.6. The highest BCUT2D eigenvalue weighted by Crippen LogP contribution is 2.22. The van der Waals surface area contributed by atoms with Crippen LogP contribution in [0.2, 0.25) is 0 Å². The number of esters is 1. The normalized spacial score (nSPS) is 10.4. The minimum absolute atomic E-state index is 0.192. The van der Waals surface area contributed by atoms with Gasteiger partial charge in [0.05, 0.1) is 18.4 Å². The number of aryl methyl sites for hydroxylation is 1. The second-order valence-corrected chi connectivity index (χ2v) is 6.17. The van der Waals surface area contributed by atoms with Crippen LogP contribution in [0.1, 0.15) is 39.8 Å². The van der Waals surface area contributed by atoms with Gasteiger partial charge in [-0.25, -0.2) is 4.79 Å². The minimum atomic E-state index is -0.518. The molecule has 0 aliphatic carbocycles. The molecule has 3 rings (SSSR count). The van der Waals surface area contributed by atoms with Crippen LogP contribution in [0.25, 0.3) is 0 Å². The first kappa shape index (κ1) is 19.2. The maximum absolute atomic E-state index is 12.5. The number of hydrogen-bond donors (Lipinski definition) is 1. The molecule has 0 saturated heterocycles. The number of hydrogen-bond acceptors (Lipinski definition) is 5. The Morgan fingerprint density at radius 1 is 1.04 bits per heavy atom. The average Bonchev–Trinajstić information content (AvgIpc) is 3.24. The summed E-state index contributed by atoms with van der Waals surface area (Å²) in [5.41, 5.74) is 1.65. The Hall–Kier alpha value is -3.54. The summed E-state index contributed by atoms with van der Waals surface area (Å²) in [5.74, 6) is 0.422. The Bertz CT molecular complexity index is 946. The molecule has 0 unspecified atom stereocenters. The lowest BCUT2D eigenvalue weighted by atomic mass is 10.1. The fourth-order valence-corrected chi connectivity index (χ4v) is 2.47. The topological polar surface area (TPSA) is 77.8 Å². The van der Waals surface area contributed by atoms with Gasteiger partial charge in [0, 0.05) is 5.69 Å². The van der Waals surface area contributed by atoms with Crippen molar-refractivity contribution >= 4 is 17.6 Å². The van der Waals surface area contributed by atoms with Gasteiger partial charge in [-0.15, -0.1) is 0 Å². The Balaban J connectivity index is 1.69. The summed E-state index contributed by atoms with van der Waals surface area (Å²) in [7, 11) is 0. The van der Waals surface area contributed by atoms with E-state index in [1.165, 1.54) is 6.26 Å². The maximum Gasteiger partial charge on any atom is 0.343 e. The number of carbonyl (C=O) groups excluding carboxylic acids is 2. The number of furan rings is 1. The standard InChI is InChI=1S/C22H21NO5/c1-3-12-26-17-8-10-18(11-9-17)28-22(25)16-7-6-15(2)19(14-16)23-21(24)20-5-4-13-27-20/h4-11,13-14H,3,12H2,1-2H3,(H,23,24). The molecule has 28 heavy (non-hydrogen) atoms. The van der Waals surface area contributed by atoms with E-state index in [4.69, 9.17) is 13.9 Å². The van der Waals surface area contributed by atoms with Gasteiger partial charge in [-0.05, 0) is 67.4 Å². The quantitative estimate of drug-likeness (QED) is 0.469. The van der Waals surface area contributed by atoms with Gasteiger partial charge in [0.1, 0.15) is 11.5 Å². The Labute approximate surface area is 163 Å². The van der Waals surface area contributed by atoms with Gasteiger partial charge in [0.2, 0.25) is 0 Å². The summed E-state index contributed by atoms with van der Waals surface area (Å²) in [6.07, 6.45) is 2.34. The zero-order valence-corrected chi connectivity index (χ0v) is 15.7. The molecule has 0 radical (unpaired) electrons. The third-order valence-corrected chi connectivity index (χ3v) is 3.97. The lowest BCUT2D eigenvalue weighted by Crippen LogP contribution is -2.14. The van der Waals surface area contributed by atoms with Crippen molar-refractivity contribution in [2.24, 2.45) is 0 Å². The van der Waals surface area contributed by atoms with Gasteiger partial charge in [-0.3, -0.25) is 4.79 Å². The summed E-state index contributed by atoms with van der Waals surface area (Å²) in [6.45, 7) is 4.50. The van der Waals surface area contributed by atoms with Gasteiger partial charge in [-0.2, -0.15) is 0 Å². The molecule has 6 nitrogen and oxygen atoms in total. The van der Waals surface area contributed by atoms with Gasteiger partial charge in [0.25, 0.3) is 5.91 Å². The predicted molar refractivity (Wildman–Crippen MR) is 105 cm³/mol. The van der Waals surface area contributed by atoms with E-state index in [-0.39, 0.29) is 11.7 Å². The molecule has 0 aliphatic rings. The molecule has 1 N–H and O–H groups in total. The first-order valence-electron chi connectivity index (χ1n) is 8.97. The molecular weight excluding hydrogens is 358 g/mol. The van der Waals surface area contributed by atoms with Gasteiger partial charge >= 0.3 is 5.97 Å². The van der Waals surface area contributed by atoms with Gasteiger partial charge < -0.3 is 19.2 Å². The van der Waals surface area contributed by atoms with E-state index in [1.807, 2.05) is 13.8 Å². The Morgan fingerprint density at radius 3 is 2.46 bits per heavy atom. The molecular formula is C22H21NO5. The molecule has 0 atom stereocenters. The van der Waals surface area contributed by atoms with Crippen molar-refractivity contribution in [3.8, 4) is 11.5 Å². The minimum Gasteiger partial charge on any atom is -0.494 e. The summed E-state index contributed by atoms with van der Waals surface area (Å²) >= 11 is 0. The Kier molecular flexibility index (Phi) is 6.11. The zero-order chi connectivity index (χ0) is 19.9. The molecule has 6 heteroatoms. The van der Waals surface area contributed by atoms with Crippen LogP contribution in [0.15, 0.2) is 65.3 Å². The Morgan fingerprint density at radius 2 is 1.79 bits per heavy atom. The fraction of sp³-hybridized carbons (Fsp3) is 0.182. The van der Waals surface area contributed by atoms with Crippen LogP contribution in [0.4, 0.5) is 5.69 Å². The molecule has 0 bridgehead atoms. The van der Waals surface area contributed by atoms with Crippen molar-refractivity contribution in [1.82, 2.24) is 0 Å². The number of anilines is 1. The number of rotatable bonds is 7. The number of nitrogens with one attached hydrogen (secondary N) is 1. The van der Waals surface area contributed by atoms with E-state index < -0.39 is 5.97 Å². The molecule has 0 fully saturated rings. The van der Waals surface area contributed by atoms with Crippen LogP contribution in [0.3, 0.4) is 0 Å². The highest BCUT2D eigenvalue weighted by atomic mass is 16.5. The summed E-state index contributed by atoms with van der Waals surface area (Å²) in [6, 6.07) is 15.0. The van der Waals surface area contributed by atoms with Crippen LogP contribution in [-0.4, -0.2) is 18.5 Å². The summed E-state index contributed by atoms with van der Waals surface area (Å²) in [5, 5.41) is 2.74. The molecule has 1 amide bonds. The molecule has 1 heterocycles. The van der Waals surface area contributed by atoms with Crippen LogP contribution >= 0.6 is 0 Å². The number of ether oxygens (including phenoxy) is 2. The number of carbonyl (C=O) groups is 2. The monoisotopic (exact) mass is 379 g/mol. The molecule has 0 saturated carbocycles. The first-order chi connectivity index (χ1) is 13.6. The van der Waals surface area contributed by atoms with Crippen molar-refractivity contribution in [3.63, 3.8) is 0 Å². The van der Waals surface area contributed by atoms with Crippen molar-refractivity contribution in [1.29, 1.82) is 0 Å². The van der Waals surface area contributed by atoms with Crippen LogP contribution in [0, 0.1) is 6.92 Å². The fourth-order valence-electron chi connectivity index (χ4n) is 2.47. The zero-order valence-electron chi connectivity index (χ0n) is 15.7. The maximum atomic E-state index is 12.5.